The first-order valence-corrected chi connectivity index (χ1v) is 43.0. The van der Waals surface area contributed by atoms with Gasteiger partial charge in [-0.25, -0.2) is 0 Å². The number of aliphatic hydroxyl groups is 3. The van der Waals surface area contributed by atoms with E-state index in [1.807, 2.05) is 77.3 Å². The molecule has 22 nitrogen and oxygen atoms in total. The van der Waals surface area contributed by atoms with E-state index in [-0.39, 0.29) is 148 Å². The van der Waals surface area contributed by atoms with Gasteiger partial charge < -0.3 is 43.7 Å². The van der Waals surface area contributed by atoms with E-state index in [1.165, 1.54) is 16.7 Å². The zero-order chi connectivity index (χ0) is 83.6. The lowest BCUT2D eigenvalue weighted by atomic mass is 9.45. The molecule has 0 radical (unpaired) electrons. The summed E-state index contributed by atoms with van der Waals surface area (Å²) >= 11 is 21.6. The minimum absolute atomic E-state index is 0.0595. The van der Waals surface area contributed by atoms with Crippen LogP contribution in [0.2, 0.25) is 0 Å². The number of fused-ring (bicyclic) bond motifs is 17. The van der Waals surface area contributed by atoms with E-state index in [9.17, 15) is 58.5 Å². The lowest BCUT2D eigenvalue weighted by Gasteiger charge is -2.61. The molecule has 0 aromatic carbocycles. The Morgan fingerprint density at radius 3 is 1.24 bits per heavy atom. The molecule has 0 saturated heterocycles. The molecule has 0 aliphatic heterocycles. The molecule has 0 bridgehead atoms. The maximum absolute atomic E-state index is 14.0. The highest BCUT2D eigenvalue weighted by molar-refractivity contribution is 6.22. The van der Waals surface area contributed by atoms with Crippen molar-refractivity contribution in [1.29, 1.82) is 0 Å². The molecule has 114 heavy (non-hydrogen) atoms. The smallest absolute Gasteiger partial charge is 0.306 e. The standard InChI is InChI=1S/2C30H41ClN2O6.C29H39ClO6/c1-7-24(36)38-15-23(35)30(39-25(37)8-2)16(3)9-19-26-20(31)10-18-11-21-17(14-33(6)32-21)12-28(18,4)27(26)22(34)13-29(19,30)5;1-7-24(36)38-15-23(35)30(39-25(37)8-2)16(3)9-19-26-20(31)10-18-11-21-17(14-32-33(21)6)12-28(18,4)27(26)22(34)13-29(19,30)5;1-7-23(33)35-15-22(32)29(36-24(34)8-2)17(4)12-19-25-20(30)13-18-11-16(3)9-10-27(18,5)26(25)21(31)14-28(19,29)6/h2*11,14,16,19-20,22,26-27,34H,7-10,12-13,15H2,1-6H3;9-11,17,19-21,25-26,31H,3,7-8,12-15H2,1-2,4-6H3/t2*16-,19+,20-,22+,26-,27+,28+,29+,30+;17-,19+,20-,21+,25-,26+,27+,28+,29+/m111/s1. The third-order valence-corrected chi connectivity index (χ3v) is 32.5. The third kappa shape index (κ3) is 13.5. The largest absolute Gasteiger partial charge is 0.457 e. The van der Waals surface area contributed by atoms with Crippen molar-refractivity contribution in [2.24, 2.45) is 118 Å². The summed E-state index contributed by atoms with van der Waals surface area (Å²) in [7, 11) is 3.86. The highest BCUT2D eigenvalue weighted by Crippen LogP contribution is 2.74. The van der Waals surface area contributed by atoms with E-state index in [4.69, 9.17) is 63.2 Å². The number of halogens is 3. The molecule has 9 fully saturated rings. The number of hydrogen-bond donors (Lipinski definition) is 3. The molecule has 2 heterocycles. The fourth-order valence-electron chi connectivity index (χ4n) is 26.2. The van der Waals surface area contributed by atoms with Gasteiger partial charge in [0.2, 0.25) is 17.3 Å². The number of carbonyl (C=O) groups excluding carboxylic acids is 9. The Morgan fingerprint density at radius 2 is 0.851 bits per heavy atom. The van der Waals surface area contributed by atoms with Gasteiger partial charge in [0.25, 0.3) is 0 Å². The van der Waals surface area contributed by atoms with Gasteiger partial charge in [0.1, 0.15) is 0 Å². The average Bonchev–Trinajstić information content (AvgIpc) is 1.47. The molecule has 0 unspecified atom stereocenters. The number of allylic oxidation sites excluding steroid dienone is 7. The van der Waals surface area contributed by atoms with Gasteiger partial charge in [-0.05, 0) is 158 Å². The number of ether oxygens (including phenoxy) is 6. The fourth-order valence-corrected chi connectivity index (χ4v) is 27.7. The van der Waals surface area contributed by atoms with Crippen molar-refractivity contribution in [3.8, 4) is 0 Å². The van der Waals surface area contributed by atoms with Crippen molar-refractivity contribution in [1.82, 2.24) is 19.6 Å². The number of esters is 6. The maximum Gasteiger partial charge on any atom is 0.306 e. The zero-order valence-corrected chi connectivity index (χ0v) is 71.9. The van der Waals surface area contributed by atoms with E-state index < -0.39 is 124 Å². The van der Waals surface area contributed by atoms with Crippen molar-refractivity contribution in [2.45, 2.75) is 264 Å². The zero-order valence-electron chi connectivity index (χ0n) is 69.7. The van der Waals surface area contributed by atoms with Gasteiger partial charge in [-0.15, -0.1) is 34.8 Å². The molecule has 9 saturated carbocycles. The first-order chi connectivity index (χ1) is 53.5. The molecular formula is C89H121Cl3N4O18. The summed E-state index contributed by atoms with van der Waals surface area (Å²) in [4.78, 5) is 116. The number of aromatic nitrogens is 4. The number of aliphatic hydroxyl groups excluding tert-OH is 3. The summed E-state index contributed by atoms with van der Waals surface area (Å²) in [6, 6.07) is 0. The SMILES string of the molecule is C=C1C=C[C@@]2(C)C(=C1)C[C@@H](Cl)[C@@H]1[C@@H]2[C@@H](O)C[C@@]2(C)[C@H]1C[C@@H](C)[C@]2(OC(=O)CC)C(=O)COC(=O)CC.CCC(=O)OCC(=O)[C@@]1(OC(=O)CC)[C@H](C)C[C@H]2[C@H]3[C@H]([C@@H](O)C[C@@]21C)[C@@]1(C)Cc2cn(C)nc2C=C1C[C@H]3Cl.CCC(=O)OCC(=O)[C@@]1(OC(=O)CC)[C@H](C)C[C@H]2[C@H]3[C@H]([C@@H](O)C[C@@]21C)[C@@]1(C)Cc2cnn(C)c2C=C1C[C@H]3Cl. The van der Waals surface area contributed by atoms with Gasteiger partial charge in [-0.3, -0.25) is 52.5 Å². The van der Waals surface area contributed by atoms with Crippen molar-refractivity contribution >= 4 is 100 Å². The van der Waals surface area contributed by atoms with Crippen molar-refractivity contribution < 1.29 is 86.9 Å². The Morgan fingerprint density at radius 1 is 0.500 bits per heavy atom. The van der Waals surface area contributed by atoms with Crippen LogP contribution in [0.3, 0.4) is 0 Å². The topological polar surface area (TPSA) is 305 Å². The van der Waals surface area contributed by atoms with Gasteiger partial charge in [0.05, 0.1) is 35.9 Å². The number of rotatable bonds is 18. The summed E-state index contributed by atoms with van der Waals surface area (Å²) < 4.78 is 37.9. The summed E-state index contributed by atoms with van der Waals surface area (Å²) in [6.07, 6.45) is 19.4. The molecule has 0 amide bonds. The van der Waals surface area contributed by atoms with Crippen LogP contribution in [0.25, 0.3) is 12.2 Å². The van der Waals surface area contributed by atoms with Gasteiger partial charge in [0.15, 0.2) is 36.6 Å². The molecule has 2 aromatic rings. The highest BCUT2D eigenvalue weighted by atomic mass is 35.5. The number of alkyl halides is 3. The lowest BCUT2D eigenvalue weighted by Crippen LogP contribution is -2.66. The van der Waals surface area contributed by atoms with Crippen LogP contribution >= 0.6 is 34.8 Å². The molecular weight excluding hydrogens is 1520 g/mol. The van der Waals surface area contributed by atoms with E-state index in [0.29, 0.717) is 51.4 Å². The number of nitrogens with zero attached hydrogens (tertiary/aromatic N) is 4. The number of carbonyl (C=O) groups is 9. The summed E-state index contributed by atoms with van der Waals surface area (Å²) in [5.41, 5.74) is 0.832. The molecule has 2 aromatic heterocycles. The first-order valence-electron chi connectivity index (χ1n) is 41.7. The van der Waals surface area contributed by atoms with Crippen LogP contribution < -0.4 is 0 Å². The van der Waals surface area contributed by atoms with Crippen LogP contribution in [0.4, 0.5) is 0 Å². The van der Waals surface area contributed by atoms with E-state index in [2.05, 4.69) is 68.0 Å². The van der Waals surface area contributed by atoms with Crippen LogP contribution in [0, 0.1) is 104 Å². The minimum Gasteiger partial charge on any atom is -0.457 e. The first kappa shape index (κ1) is 87.0. The van der Waals surface area contributed by atoms with Crippen LogP contribution in [-0.2, 0) is 98.5 Å². The molecule has 0 spiro atoms. The van der Waals surface area contributed by atoms with Gasteiger partial charge in [-0.2, -0.15) is 10.2 Å². The van der Waals surface area contributed by atoms with E-state index in [0.717, 1.165) is 40.9 Å². The summed E-state index contributed by atoms with van der Waals surface area (Å²) in [6.45, 7) is 31.1. The lowest BCUT2D eigenvalue weighted by molar-refractivity contribution is -0.207. The fraction of sp³-hybridized carbons (Fsp3) is 0.719. The van der Waals surface area contributed by atoms with Gasteiger partial charge in [-0.1, -0.05) is 145 Å². The van der Waals surface area contributed by atoms with E-state index in [1.54, 1.807) is 41.5 Å². The van der Waals surface area contributed by atoms with Crippen molar-refractivity contribution in [3.63, 3.8) is 0 Å². The highest BCUT2D eigenvalue weighted by Gasteiger charge is 2.78. The quantitative estimate of drug-likeness (QED) is 0.0709. The number of aryl methyl sites for hydroxylation is 2. The number of Topliss-reactive ketones (excluding diaryl/α,β-unsaturated/α-hetero) is 3. The Hall–Kier alpha value is -6.30. The molecule has 25 heteroatoms. The normalized spacial score (nSPS) is 41.3. The third-order valence-electron chi connectivity index (χ3n) is 31.1. The minimum atomic E-state index is -1.51. The predicted octanol–water partition coefficient (Wildman–Crippen LogP) is 13.4. The van der Waals surface area contributed by atoms with Gasteiger partial charge >= 0.3 is 35.8 Å². The van der Waals surface area contributed by atoms with Crippen LogP contribution in [0.15, 0.2) is 59.5 Å². The monoisotopic (exact) mass is 1640 g/mol. The predicted molar refractivity (Wildman–Crippen MR) is 428 cm³/mol. The second-order valence-electron chi connectivity index (χ2n) is 37.0. The van der Waals surface area contributed by atoms with Crippen LogP contribution in [0.5, 0.6) is 0 Å². The maximum atomic E-state index is 14.0. The van der Waals surface area contributed by atoms with Gasteiger partial charge in [0, 0.05) is 120 Å². The number of ketones is 3. The van der Waals surface area contributed by atoms with Crippen LogP contribution in [0.1, 0.15) is 223 Å². The Kier molecular flexibility index (Phi) is 24.3. The molecule has 14 rings (SSSR count). The Balaban J connectivity index is 0.000000158. The van der Waals surface area contributed by atoms with Crippen molar-refractivity contribution in [3.05, 3.63) is 82.0 Å². The van der Waals surface area contributed by atoms with Crippen molar-refractivity contribution in [2.75, 3.05) is 19.8 Å². The molecule has 3 N–H and O–H groups in total. The van der Waals surface area contributed by atoms with Crippen LogP contribution in [-0.4, -0.2) is 159 Å². The second kappa shape index (κ2) is 31.8. The second-order valence-corrected chi connectivity index (χ2v) is 38.7. The Bertz CT molecular complexity index is 4330. The number of hydrogen-bond acceptors (Lipinski definition) is 20. The molecule has 626 valence electrons. The average molecular weight is 1640 g/mol. The Labute approximate surface area is 686 Å². The summed E-state index contributed by atoms with van der Waals surface area (Å²) in [5.74, 6) is -5.94. The summed E-state index contributed by atoms with van der Waals surface area (Å²) in [5, 5.41) is 44.1. The molecule has 12 aliphatic carbocycles. The van der Waals surface area contributed by atoms with E-state index >= 15 is 0 Å². The molecule has 27 atom stereocenters. The molecule has 12 aliphatic rings.